The van der Waals surface area contributed by atoms with Crippen molar-refractivity contribution in [3.63, 3.8) is 0 Å². The Labute approximate surface area is 85.8 Å². The van der Waals surface area contributed by atoms with E-state index >= 15 is 0 Å². The van der Waals surface area contributed by atoms with Crippen LogP contribution in [0.5, 0.6) is 0 Å². The Bertz CT molecular complexity index is 336. The number of halogens is 3. The van der Waals surface area contributed by atoms with Crippen LogP contribution in [-0.2, 0) is 14.4 Å². The van der Waals surface area contributed by atoms with Gasteiger partial charge in [-0.25, -0.2) is 9.59 Å². The van der Waals surface area contributed by atoms with Crippen molar-refractivity contribution in [1.82, 2.24) is 5.59 Å². The predicted octanol–water partition coefficient (Wildman–Crippen LogP) is 0.109. The van der Waals surface area contributed by atoms with Gasteiger partial charge in [0.05, 0.1) is 6.21 Å². The van der Waals surface area contributed by atoms with Crippen LogP contribution in [0, 0.1) is 0 Å². The van der Waals surface area contributed by atoms with Crippen LogP contribution in [0.15, 0.2) is 16.9 Å². The molecule has 0 radical (unpaired) electrons. The zero-order valence-corrected chi connectivity index (χ0v) is 7.35. The van der Waals surface area contributed by atoms with E-state index in [1.54, 1.807) is 0 Å². The van der Waals surface area contributed by atoms with Crippen molar-refractivity contribution in [2.24, 2.45) is 5.10 Å². The summed E-state index contributed by atoms with van der Waals surface area (Å²) < 4.78 is 31.7. The highest BCUT2D eigenvalue weighted by Crippen LogP contribution is 2.13. The van der Waals surface area contributed by atoms with E-state index in [0.29, 0.717) is 0 Å². The van der Waals surface area contributed by atoms with E-state index in [-0.39, 0.29) is 5.76 Å². The first-order valence-electron chi connectivity index (χ1n) is 3.43. The van der Waals surface area contributed by atoms with E-state index in [2.05, 4.69) is 9.94 Å². The number of hydrazone groups is 1. The van der Waals surface area contributed by atoms with Gasteiger partial charge in [-0.2, -0.15) is 18.3 Å². The summed E-state index contributed by atoms with van der Waals surface area (Å²) in [7, 11) is 0. The number of allylic oxidation sites excluding steroid dienone is 1. The van der Waals surface area contributed by atoms with Crippen LogP contribution in [0.2, 0.25) is 0 Å². The highest BCUT2D eigenvalue weighted by molar-refractivity contribution is 5.90. The lowest BCUT2D eigenvalue weighted by Crippen LogP contribution is -2.21. The zero-order chi connectivity index (χ0) is 12.8. The third-order valence-electron chi connectivity index (χ3n) is 0.962. The molecule has 0 atom stereocenters. The molecule has 10 heteroatoms. The summed E-state index contributed by atoms with van der Waals surface area (Å²) in [6.07, 6.45) is -2.54. The average molecular weight is 242 g/mol. The van der Waals surface area contributed by atoms with Crippen molar-refractivity contribution in [2.45, 2.75) is 6.18 Å². The first-order chi connectivity index (χ1) is 7.25. The third-order valence-corrected chi connectivity index (χ3v) is 0.962. The second kappa shape index (κ2) is 5.58. The van der Waals surface area contributed by atoms with Crippen LogP contribution in [0.3, 0.4) is 0 Å². The first-order valence-corrected chi connectivity index (χ1v) is 3.43. The van der Waals surface area contributed by atoms with Crippen LogP contribution in [0.1, 0.15) is 0 Å². The summed E-state index contributed by atoms with van der Waals surface area (Å²) in [5.74, 6) is -4.04. The highest BCUT2D eigenvalue weighted by atomic mass is 19.4. The Morgan fingerprint density at radius 2 is 1.88 bits per heavy atom. The Hall–Kier alpha value is -2.26. The number of nitrogens with zero attached hydrogens (tertiary/aromatic N) is 1. The predicted molar refractivity (Wildman–Crippen MR) is 42.1 cm³/mol. The van der Waals surface area contributed by atoms with E-state index in [4.69, 9.17) is 15.0 Å². The number of carboxylic acid groups (broad SMARTS) is 2. The lowest BCUT2D eigenvalue weighted by Gasteiger charge is -2.04. The fourth-order valence-corrected chi connectivity index (χ4v) is 0.360. The number of hydrogen-bond acceptors (Lipinski definition) is 5. The normalized spacial score (nSPS) is 13.6. The van der Waals surface area contributed by atoms with Crippen molar-refractivity contribution >= 4 is 18.2 Å². The molecule has 0 aromatic heterocycles. The van der Waals surface area contributed by atoms with Gasteiger partial charge in [0.1, 0.15) is 0 Å². The highest BCUT2D eigenvalue weighted by Gasteiger charge is 2.38. The van der Waals surface area contributed by atoms with Gasteiger partial charge in [0.15, 0.2) is 0 Å². The van der Waals surface area contributed by atoms with Gasteiger partial charge in [-0.15, -0.1) is 5.59 Å². The Balaban J connectivity index is 0.000000293. The molecule has 0 fully saturated rings. The van der Waals surface area contributed by atoms with Crippen molar-refractivity contribution in [2.75, 3.05) is 0 Å². The fraction of sp³-hybridized carbons (Fsp3) is 0.167. The molecule has 90 valence electrons. The monoisotopic (exact) mass is 242 g/mol. The van der Waals surface area contributed by atoms with Gasteiger partial charge in [0, 0.05) is 6.08 Å². The van der Waals surface area contributed by atoms with Crippen LogP contribution >= 0.6 is 0 Å². The molecular weight excluding hydrogens is 237 g/mol. The molecule has 0 unspecified atom stereocenters. The Kier molecular flexibility index (Phi) is 4.79. The van der Waals surface area contributed by atoms with Crippen molar-refractivity contribution in [1.29, 1.82) is 0 Å². The number of aliphatic carboxylic acids is 2. The van der Waals surface area contributed by atoms with Gasteiger partial charge in [0.2, 0.25) is 5.76 Å². The second-order valence-corrected chi connectivity index (χ2v) is 2.11. The smallest absolute Gasteiger partial charge is 0.475 e. The fourth-order valence-electron chi connectivity index (χ4n) is 0.360. The van der Waals surface area contributed by atoms with E-state index in [0.717, 1.165) is 0 Å². The maximum atomic E-state index is 10.6. The van der Waals surface area contributed by atoms with E-state index in [1.165, 1.54) is 12.3 Å². The molecule has 0 aromatic carbocycles. The molecule has 0 spiro atoms. The molecule has 1 rings (SSSR count). The summed E-state index contributed by atoms with van der Waals surface area (Å²) in [4.78, 5) is 23.3. The van der Waals surface area contributed by atoms with E-state index < -0.39 is 18.1 Å². The van der Waals surface area contributed by atoms with Gasteiger partial charge in [-0.3, -0.25) is 0 Å². The quantitative estimate of drug-likeness (QED) is 0.602. The molecule has 0 saturated heterocycles. The molecule has 16 heavy (non-hydrogen) atoms. The number of nitrogens with one attached hydrogen (secondary N) is 1. The Morgan fingerprint density at radius 3 is 2.06 bits per heavy atom. The minimum absolute atomic E-state index is 0.162. The molecule has 0 saturated carbocycles. The summed E-state index contributed by atoms with van der Waals surface area (Å²) >= 11 is 0. The number of alkyl halides is 3. The molecule has 0 bridgehead atoms. The lowest BCUT2D eigenvalue weighted by atomic mass is 10.4. The molecule has 1 heterocycles. The van der Waals surface area contributed by atoms with Gasteiger partial charge in [-0.1, -0.05) is 0 Å². The van der Waals surface area contributed by atoms with E-state index in [9.17, 15) is 18.0 Å². The number of carbonyl (C=O) groups is 2. The topological polar surface area (TPSA) is 108 Å². The largest absolute Gasteiger partial charge is 0.490 e. The summed E-state index contributed by atoms with van der Waals surface area (Å²) in [6, 6.07) is 0. The lowest BCUT2D eigenvalue weighted by molar-refractivity contribution is -0.192. The number of hydrogen-bond donors (Lipinski definition) is 3. The van der Waals surface area contributed by atoms with Crippen LogP contribution < -0.4 is 5.59 Å². The standard InChI is InChI=1S/C4H4N2O3.C2HF3O2/c7-4(8)3-1-2-5-6-9-3;3-2(4,5)1(6)7/h1-2,6H,(H,7,8);(H,6,7). The van der Waals surface area contributed by atoms with Gasteiger partial charge >= 0.3 is 18.1 Å². The van der Waals surface area contributed by atoms with Gasteiger partial charge in [-0.05, 0) is 0 Å². The third kappa shape index (κ3) is 5.47. The minimum atomic E-state index is -5.08. The summed E-state index contributed by atoms with van der Waals surface area (Å²) in [5.41, 5.74) is 2.04. The maximum absolute atomic E-state index is 10.6. The van der Waals surface area contributed by atoms with Gasteiger partial charge in [0.25, 0.3) is 0 Å². The molecule has 0 aromatic rings. The second-order valence-electron chi connectivity index (χ2n) is 2.11. The van der Waals surface area contributed by atoms with Crippen molar-refractivity contribution < 1.29 is 37.8 Å². The van der Waals surface area contributed by atoms with Crippen LogP contribution in [0.4, 0.5) is 13.2 Å². The molecular formula is C6H5F3N2O5. The summed E-state index contributed by atoms with van der Waals surface area (Å²) in [5, 5.41) is 18.7. The van der Waals surface area contributed by atoms with Crippen LogP contribution in [-0.4, -0.2) is 34.5 Å². The molecule has 3 N–H and O–H groups in total. The zero-order valence-electron chi connectivity index (χ0n) is 7.35. The molecule has 1 aliphatic heterocycles. The number of rotatable bonds is 1. The average Bonchev–Trinajstić information content (AvgIpc) is 2.18. The van der Waals surface area contributed by atoms with Gasteiger partial charge < -0.3 is 15.1 Å². The Morgan fingerprint density at radius 1 is 1.38 bits per heavy atom. The van der Waals surface area contributed by atoms with Crippen LogP contribution in [0.25, 0.3) is 0 Å². The number of carboxylic acids is 2. The maximum Gasteiger partial charge on any atom is 0.490 e. The van der Waals surface area contributed by atoms with Crippen molar-refractivity contribution in [3.05, 3.63) is 11.8 Å². The van der Waals surface area contributed by atoms with Crippen molar-refractivity contribution in [3.8, 4) is 0 Å². The molecule has 0 aliphatic carbocycles. The molecule has 7 nitrogen and oxygen atoms in total. The minimum Gasteiger partial charge on any atom is -0.475 e. The SMILES string of the molecule is O=C(O)C(F)(F)F.O=C(O)C1=CC=NNO1. The summed E-state index contributed by atoms with van der Waals surface area (Å²) in [6.45, 7) is 0. The first kappa shape index (κ1) is 13.7. The molecule has 0 amide bonds. The van der Waals surface area contributed by atoms with E-state index in [1.807, 2.05) is 5.59 Å². The molecule has 1 aliphatic rings.